The smallest absolute Gasteiger partial charge is 0.241 e. The predicted molar refractivity (Wildman–Crippen MR) is 77.7 cm³/mol. The molecule has 108 valence electrons. The van der Waals surface area contributed by atoms with Gasteiger partial charge in [0.15, 0.2) is 0 Å². The standard InChI is InChI=1S/C17H17NO3/c1-3-10-6-4-5-7-11(10)18-15(19)13-12-8-9-17(2,21-12)14(13)16(18)20/h4-9,12-14H,3H2,1-2H3/t12-,13+,14+,17-/m1/s1. The molecule has 2 fully saturated rings. The highest BCUT2D eigenvalue weighted by Gasteiger charge is 2.66. The summed E-state index contributed by atoms with van der Waals surface area (Å²) in [6, 6.07) is 7.63. The van der Waals surface area contributed by atoms with Crippen molar-refractivity contribution >= 4 is 17.5 Å². The van der Waals surface area contributed by atoms with Crippen molar-refractivity contribution in [2.45, 2.75) is 32.0 Å². The molecule has 2 saturated heterocycles. The minimum Gasteiger partial charge on any atom is -0.362 e. The van der Waals surface area contributed by atoms with Crippen LogP contribution in [0.25, 0.3) is 0 Å². The van der Waals surface area contributed by atoms with Crippen LogP contribution in [-0.2, 0) is 20.7 Å². The monoisotopic (exact) mass is 283 g/mol. The van der Waals surface area contributed by atoms with Gasteiger partial charge >= 0.3 is 0 Å². The highest BCUT2D eigenvalue weighted by molar-refractivity contribution is 6.23. The Bertz CT molecular complexity index is 680. The van der Waals surface area contributed by atoms with Crippen molar-refractivity contribution in [1.82, 2.24) is 0 Å². The summed E-state index contributed by atoms with van der Waals surface area (Å²) in [4.78, 5) is 27.0. The molecule has 1 aromatic rings. The number of carbonyl (C=O) groups is 2. The molecule has 4 heteroatoms. The molecule has 0 aliphatic carbocycles. The van der Waals surface area contributed by atoms with Crippen LogP contribution in [0, 0.1) is 11.8 Å². The van der Waals surface area contributed by atoms with Gasteiger partial charge in [-0.05, 0) is 25.0 Å². The number of amides is 2. The molecule has 4 atom stereocenters. The number of fused-ring (bicyclic) bond motifs is 5. The van der Waals surface area contributed by atoms with Crippen molar-refractivity contribution < 1.29 is 14.3 Å². The molecular formula is C17H17NO3. The van der Waals surface area contributed by atoms with E-state index in [1.54, 1.807) is 0 Å². The first-order valence-corrected chi connectivity index (χ1v) is 7.39. The van der Waals surface area contributed by atoms with Gasteiger partial charge in [-0.2, -0.15) is 0 Å². The number of imide groups is 1. The molecule has 0 unspecified atom stereocenters. The third-order valence-corrected chi connectivity index (χ3v) is 4.94. The fourth-order valence-corrected chi connectivity index (χ4v) is 3.92. The minimum atomic E-state index is -0.627. The maximum Gasteiger partial charge on any atom is 0.241 e. The Morgan fingerprint density at radius 3 is 2.71 bits per heavy atom. The molecule has 0 radical (unpaired) electrons. The number of aryl methyl sites for hydroxylation is 1. The zero-order valence-corrected chi connectivity index (χ0v) is 12.1. The number of carbonyl (C=O) groups excluding carboxylic acids is 2. The molecule has 4 nitrogen and oxygen atoms in total. The number of nitrogens with zero attached hydrogens (tertiary/aromatic N) is 1. The van der Waals surface area contributed by atoms with Crippen LogP contribution in [0.15, 0.2) is 36.4 Å². The zero-order chi connectivity index (χ0) is 14.8. The third-order valence-electron chi connectivity index (χ3n) is 4.94. The second kappa shape index (κ2) is 4.04. The summed E-state index contributed by atoms with van der Waals surface area (Å²) in [6.07, 6.45) is 4.38. The van der Waals surface area contributed by atoms with Gasteiger partial charge < -0.3 is 4.74 Å². The third kappa shape index (κ3) is 1.48. The topological polar surface area (TPSA) is 46.6 Å². The van der Waals surface area contributed by atoms with E-state index in [-0.39, 0.29) is 29.8 Å². The van der Waals surface area contributed by atoms with Crippen LogP contribution in [0.1, 0.15) is 19.4 Å². The van der Waals surface area contributed by atoms with Gasteiger partial charge in [-0.15, -0.1) is 0 Å². The molecule has 21 heavy (non-hydrogen) atoms. The summed E-state index contributed by atoms with van der Waals surface area (Å²) in [5.41, 5.74) is 1.12. The Balaban J connectivity index is 1.80. The van der Waals surface area contributed by atoms with Crippen LogP contribution < -0.4 is 4.90 Å². The molecule has 4 rings (SSSR count). The van der Waals surface area contributed by atoms with E-state index < -0.39 is 5.60 Å². The lowest BCUT2D eigenvalue weighted by atomic mass is 9.78. The van der Waals surface area contributed by atoms with E-state index in [0.29, 0.717) is 0 Å². The van der Waals surface area contributed by atoms with Gasteiger partial charge in [0.25, 0.3) is 0 Å². The summed E-state index contributed by atoms with van der Waals surface area (Å²) < 4.78 is 5.83. The molecule has 2 amide bonds. The molecule has 3 aliphatic rings. The van der Waals surface area contributed by atoms with Gasteiger partial charge in [-0.3, -0.25) is 9.59 Å². The summed E-state index contributed by atoms with van der Waals surface area (Å²) >= 11 is 0. The first-order valence-electron chi connectivity index (χ1n) is 7.39. The lowest BCUT2D eigenvalue weighted by Gasteiger charge is -2.24. The molecule has 0 N–H and O–H groups in total. The van der Waals surface area contributed by atoms with E-state index in [1.807, 2.05) is 50.3 Å². The average molecular weight is 283 g/mol. The summed E-state index contributed by atoms with van der Waals surface area (Å²) in [7, 11) is 0. The molecule has 2 bridgehead atoms. The number of hydrogen-bond acceptors (Lipinski definition) is 3. The Morgan fingerprint density at radius 1 is 1.24 bits per heavy atom. The van der Waals surface area contributed by atoms with Crippen molar-refractivity contribution in [3.8, 4) is 0 Å². The second-order valence-electron chi connectivity index (χ2n) is 6.12. The fourth-order valence-electron chi connectivity index (χ4n) is 3.92. The van der Waals surface area contributed by atoms with E-state index in [4.69, 9.17) is 4.74 Å². The quantitative estimate of drug-likeness (QED) is 0.616. The van der Waals surface area contributed by atoms with Crippen molar-refractivity contribution in [3.05, 3.63) is 42.0 Å². The molecule has 1 aromatic carbocycles. The predicted octanol–water partition coefficient (Wildman–Crippen LogP) is 2.08. The van der Waals surface area contributed by atoms with Crippen molar-refractivity contribution in [3.63, 3.8) is 0 Å². The number of anilines is 1. The van der Waals surface area contributed by atoms with E-state index in [2.05, 4.69) is 0 Å². The number of benzene rings is 1. The minimum absolute atomic E-state index is 0.121. The lowest BCUT2D eigenvalue weighted by Crippen LogP contribution is -2.39. The van der Waals surface area contributed by atoms with E-state index >= 15 is 0 Å². The Hall–Kier alpha value is -1.94. The first-order chi connectivity index (χ1) is 10.1. The van der Waals surface area contributed by atoms with Crippen LogP contribution in [0.2, 0.25) is 0 Å². The van der Waals surface area contributed by atoms with Gasteiger partial charge in [0.1, 0.15) is 0 Å². The normalized spacial score (nSPS) is 36.7. The number of rotatable bonds is 2. The number of hydrogen-bond donors (Lipinski definition) is 0. The highest BCUT2D eigenvalue weighted by Crippen LogP contribution is 2.52. The first kappa shape index (κ1) is 12.8. The largest absolute Gasteiger partial charge is 0.362 e. The molecule has 3 heterocycles. The molecule has 3 aliphatic heterocycles. The molecule has 0 spiro atoms. The van der Waals surface area contributed by atoms with Crippen molar-refractivity contribution in [2.75, 3.05) is 4.90 Å². The van der Waals surface area contributed by atoms with Crippen LogP contribution in [0.3, 0.4) is 0 Å². The van der Waals surface area contributed by atoms with Crippen LogP contribution in [0.5, 0.6) is 0 Å². The summed E-state index contributed by atoms with van der Waals surface area (Å²) in [5, 5.41) is 0. The van der Waals surface area contributed by atoms with Gasteiger partial charge in [-0.1, -0.05) is 37.3 Å². The zero-order valence-electron chi connectivity index (χ0n) is 12.1. The molecule has 0 saturated carbocycles. The van der Waals surface area contributed by atoms with Gasteiger partial charge in [0.2, 0.25) is 11.8 Å². The highest BCUT2D eigenvalue weighted by atomic mass is 16.5. The van der Waals surface area contributed by atoms with Crippen LogP contribution in [0.4, 0.5) is 5.69 Å². The Morgan fingerprint density at radius 2 is 2.00 bits per heavy atom. The number of ether oxygens (including phenoxy) is 1. The summed E-state index contributed by atoms with van der Waals surface area (Å²) in [6.45, 7) is 3.93. The molecule has 0 aromatic heterocycles. The van der Waals surface area contributed by atoms with Gasteiger partial charge in [-0.25, -0.2) is 4.90 Å². The van der Waals surface area contributed by atoms with E-state index in [1.165, 1.54) is 4.90 Å². The SMILES string of the molecule is CCc1ccccc1N1C(=O)[C@@H]2[C@@H](C1=O)[C@@]1(C)C=C[C@H]2O1. The van der Waals surface area contributed by atoms with Crippen LogP contribution >= 0.6 is 0 Å². The molecular weight excluding hydrogens is 266 g/mol. The Labute approximate surface area is 123 Å². The van der Waals surface area contributed by atoms with E-state index in [0.717, 1.165) is 17.7 Å². The van der Waals surface area contributed by atoms with Gasteiger partial charge in [0.05, 0.1) is 29.2 Å². The second-order valence-corrected chi connectivity index (χ2v) is 6.12. The fraction of sp³-hybridized carbons (Fsp3) is 0.412. The lowest BCUT2D eigenvalue weighted by molar-refractivity contribution is -0.126. The van der Waals surface area contributed by atoms with E-state index in [9.17, 15) is 9.59 Å². The number of para-hydroxylation sites is 1. The average Bonchev–Trinajstić information content (AvgIpc) is 3.08. The van der Waals surface area contributed by atoms with Crippen molar-refractivity contribution in [2.24, 2.45) is 11.8 Å². The maximum absolute atomic E-state index is 12.9. The Kier molecular flexibility index (Phi) is 2.46. The van der Waals surface area contributed by atoms with Gasteiger partial charge in [0, 0.05) is 0 Å². The summed E-state index contributed by atoms with van der Waals surface area (Å²) in [5.74, 6) is -0.994. The maximum atomic E-state index is 12.9. The van der Waals surface area contributed by atoms with Crippen LogP contribution in [-0.4, -0.2) is 23.5 Å². The van der Waals surface area contributed by atoms with Crippen molar-refractivity contribution in [1.29, 1.82) is 0 Å².